The summed E-state index contributed by atoms with van der Waals surface area (Å²) in [5.74, 6) is 0.196. The van der Waals surface area contributed by atoms with Crippen LogP contribution in [0.4, 0.5) is 0 Å². The molecular weight excluding hydrogens is 246 g/mol. The summed E-state index contributed by atoms with van der Waals surface area (Å²) < 4.78 is 5.08. The molecule has 18 heavy (non-hydrogen) atoms. The number of carbonyl (C=O) groups is 1. The van der Waals surface area contributed by atoms with Gasteiger partial charge in [-0.3, -0.25) is 4.79 Å². The fourth-order valence-corrected chi connectivity index (χ4v) is 2.14. The van der Waals surface area contributed by atoms with Gasteiger partial charge in [0.1, 0.15) is 0 Å². The van der Waals surface area contributed by atoms with E-state index in [1.54, 1.807) is 0 Å². The fourth-order valence-electron chi connectivity index (χ4n) is 1.46. The number of benzene rings is 1. The minimum absolute atomic E-state index is 0.0445. The summed E-state index contributed by atoms with van der Waals surface area (Å²) in [4.78, 5) is 12.5. The molecule has 1 N–H and O–H groups in total. The highest BCUT2D eigenvalue weighted by molar-refractivity contribution is 8.00. The third-order valence-corrected chi connectivity index (χ3v) is 3.52. The number of ether oxygens (including phenoxy) is 1. The number of rotatable bonds is 6. The van der Waals surface area contributed by atoms with Crippen LogP contribution in [0.1, 0.15) is 32.4 Å². The summed E-state index contributed by atoms with van der Waals surface area (Å²) in [6.07, 6.45) is -0.0445. The first kappa shape index (κ1) is 15.1. The molecule has 1 atom stereocenters. The first-order chi connectivity index (χ1) is 8.52. The van der Waals surface area contributed by atoms with Gasteiger partial charge < -0.3 is 10.1 Å². The van der Waals surface area contributed by atoms with E-state index in [9.17, 15) is 4.79 Å². The smallest absolute Gasteiger partial charge is 0.316 e. The lowest BCUT2D eigenvalue weighted by Gasteiger charge is -2.11. The standard InChI is InChI=1S/C14H21NO2S/c1-10(2)17-14(16)9-18-13-7-5-12(6-8-13)11(3)15-4/h5-8,10-11,15H,9H2,1-4H3. The van der Waals surface area contributed by atoms with E-state index < -0.39 is 0 Å². The molecule has 0 saturated carbocycles. The van der Waals surface area contributed by atoms with Crippen molar-refractivity contribution in [3.8, 4) is 0 Å². The van der Waals surface area contributed by atoms with Gasteiger partial charge in [0.05, 0.1) is 11.9 Å². The highest BCUT2D eigenvalue weighted by Crippen LogP contribution is 2.21. The molecule has 1 rings (SSSR count). The molecule has 0 spiro atoms. The Hall–Kier alpha value is -1.00. The van der Waals surface area contributed by atoms with Gasteiger partial charge in [-0.2, -0.15) is 0 Å². The molecule has 0 amide bonds. The molecule has 100 valence electrons. The van der Waals surface area contributed by atoms with Gasteiger partial charge in [0, 0.05) is 10.9 Å². The predicted octanol–water partition coefficient (Wildman–Crippen LogP) is 3.01. The normalized spacial score (nSPS) is 12.5. The van der Waals surface area contributed by atoms with Gasteiger partial charge in [-0.25, -0.2) is 0 Å². The van der Waals surface area contributed by atoms with E-state index in [1.165, 1.54) is 17.3 Å². The third kappa shape index (κ3) is 5.10. The Morgan fingerprint density at radius 3 is 2.39 bits per heavy atom. The summed E-state index contributed by atoms with van der Waals surface area (Å²) >= 11 is 1.50. The number of thioether (sulfide) groups is 1. The fraction of sp³-hybridized carbons (Fsp3) is 0.500. The van der Waals surface area contributed by atoms with Crippen LogP contribution in [0.5, 0.6) is 0 Å². The maximum atomic E-state index is 11.4. The van der Waals surface area contributed by atoms with Crippen molar-refractivity contribution in [2.24, 2.45) is 0 Å². The van der Waals surface area contributed by atoms with Crippen molar-refractivity contribution in [1.29, 1.82) is 0 Å². The lowest BCUT2D eigenvalue weighted by atomic mass is 10.1. The van der Waals surface area contributed by atoms with E-state index in [2.05, 4.69) is 24.4 Å². The zero-order chi connectivity index (χ0) is 13.5. The van der Waals surface area contributed by atoms with Crippen molar-refractivity contribution in [3.05, 3.63) is 29.8 Å². The average Bonchev–Trinajstić information content (AvgIpc) is 2.35. The molecule has 1 aromatic rings. The topological polar surface area (TPSA) is 38.3 Å². The summed E-state index contributed by atoms with van der Waals surface area (Å²) in [6, 6.07) is 8.58. The van der Waals surface area contributed by atoms with Crippen molar-refractivity contribution < 1.29 is 9.53 Å². The maximum Gasteiger partial charge on any atom is 0.316 e. The Bertz CT molecular complexity index is 376. The molecule has 1 aromatic carbocycles. The van der Waals surface area contributed by atoms with Crippen LogP contribution in [0.25, 0.3) is 0 Å². The predicted molar refractivity (Wildman–Crippen MR) is 75.9 cm³/mol. The molecular formula is C14H21NO2S. The second-order valence-corrected chi connectivity index (χ2v) is 5.46. The van der Waals surface area contributed by atoms with Crippen molar-refractivity contribution in [3.63, 3.8) is 0 Å². The SMILES string of the molecule is CNC(C)c1ccc(SCC(=O)OC(C)C)cc1. The van der Waals surface area contributed by atoms with Crippen LogP contribution in [-0.4, -0.2) is 24.9 Å². The molecule has 0 saturated heterocycles. The maximum absolute atomic E-state index is 11.4. The van der Waals surface area contributed by atoms with Gasteiger partial charge in [-0.05, 0) is 45.5 Å². The minimum atomic E-state index is -0.164. The van der Waals surface area contributed by atoms with Gasteiger partial charge in [0.2, 0.25) is 0 Å². The number of hydrogen-bond acceptors (Lipinski definition) is 4. The van der Waals surface area contributed by atoms with Crippen molar-refractivity contribution >= 4 is 17.7 Å². The second-order valence-electron chi connectivity index (χ2n) is 4.41. The van der Waals surface area contributed by atoms with Gasteiger partial charge in [-0.1, -0.05) is 12.1 Å². The Balaban J connectivity index is 2.46. The summed E-state index contributed by atoms with van der Waals surface area (Å²) in [7, 11) is 1.94. The summed E-state index contributed by atoms with van der Waals surface area (Å²) in [5, 5.41) is 3.19. The van der Waals surface area contributed by atoms with Crippen molar-refractivity contribution in [1.82, 2.24) is 5.32 Å². The van der Waals surface area contributed by atoms with Crippen LogP contribution in [0.3, 0.4) is 0 Å². The summed E-state index contributed by atoms with van der Waals surface area (Å²) in [6.45, 7) is 5.83. The molecule has 0 radical (unpaired) electrons. The van der Waals surface area contributed by atoms with Crippen LogP contribution in [0.15, 0.2) is 29.2 Å². The van der Waals surface area contributed by atoms with Gasteiger partial charge in [0.15, 0.2) is 0 Å². The van der Waals surface area contributed by atoms with Crippen molar-refractivity contribution in [2.75, 3.05) is 12.8 Å². The monoisotopic (exact) mass is 267 g/mol. The largest absolute Gasteiger partial charge is 0.462 e. The van der Waals surface area contributed by atoms with Crippen molar-refractivity contribution in [2.45, 2.75) is 37.8 Å². The van der Waals surface area contributed by atoms with E-state index in [0.717, 1.165) is 4.90 Å². The average molecular weight is 267 g/mol. The molecule has 1 unspecified atom stereocenters. The second kappa shape index (κ2) is 7.44. The van der Waals surface area contributed by atoms with E-state index in [0.29, 0.717) is 11.8 Å². The van der Waals surface area contributed by atoms with Crippen LogP contribution in [0, 0.1) is 0 Å². The number of carbonyl (C=O) groups excluding carboxylic acids is 1. The zero-order valence-corrected chi connectivity index (χ0v) is 12.2. The van der Waals surface area contributed by atoms with E-state index >= 15 is 0 Å². The Labute approximate surface area is 113 Å². The Morgan fingerprint density at radius 1 is 1.28 bits per heavy atom. The lowest BCUT2D eigenvalue weighted by molar-refractivity contribution is -0.144. The first-order valence-corrected chi connectivity index (χ1v) is 7.11. The van der Waals surface area contributed by atoms with E-state index in [4.69, 9.17) is 4.74 Å². The Kier molecular flexibility index (Phi) is 6.22. The zero-order valence-electron chi connectivity index (χ0n) is 11.4. The number of nitrogens with one attached hydrogen (secondary N) is 1. The lowest BCUT2D eigenvalue weighted by Crippen LogP contribution is -2.13. The number of esters is 1. The molecule has 0 aliphatic heterocycles. The third-order valence-electron chi connectivity index (χ3n) is 2.54. The molecule has 0 heterocycles. The minimum Gasteiger partial charge on any atom is -0.462 e. The van der Waals surface area contributed by atoms with Crippen LogP contribution >= 0.6 is 11.8 Å². The molecule has 0 fully saturated rings. The molecule has 0 bridgehead atoms. The first-order valence-electron chi connectivity index (χ1n) is 6.12. The van der Waals surface area contributed by atoms with Crippen LogP contribution < -0.4 is 5.32 Å². The Morgan fingerprint density at radius 2 is 1.89 bits per heavy atom. The highest BCUT2D eigenvalue weighted by Gasteiger charge is 2.07. The van der Waals surface area contributed by atoms with Crippen LogP contribution in [-0.2, 0) is 9.53 Å². The van der Waals surface area contributed by atoms with E-state index in [1.807, 2.05) is 33.0 Å². The van der Waals surface area contributed by atoms with Gasteiger partial charge in [-0.15, -0.1) is 11.8 Å². The van der Waals surface area contributed by atoms with E-state index in [-0.39, 0.29) is 12.1 Å². The highest BCUT2D eigenvalue weighted by atomic mass is 32.2. The molecule has 0 aromatic heterocycles. The van der Waals surface area contributed by atoms with Crippen LogP contribution in [0.2, 0.25) is 0 Å². The molecule has 0 aliphatic carbocycles. The van der Waals surface area contributed by atoms with Gasteiger partial charge in [0.25, 0.3) is 0 Å². The molecule has 4 heteroatoms. The molecule has 0 aliphatic rings. The number of hydrogen-bond donors (Lipinski definition) is 1. The molecule has 3 nitrogen and oxygen atoms in total. The van der Waals surface area contributed by atoms with Gasteiger partial charge >= 0.3 is 5.97 Å². The summed E-state index contributed by atoms with van der Waals surface area (Å²) in [5.41, 5.74) is 1.24. The quantitative estimate of drug-likeness (QED) is 0.635.